The zero-order chi connectivity index (χ0) is 31.2. The molecule has 0 spiro atoms. The standard InChI is InChI=1S/C21H25.C13H10.C9H13.2ClH.Zr/c1-20(2,3)16-7-9-18-14(12-16)11-15-13-17(21(4,5)6)8-10-19(15)18;1-3-7-12(8-4-1)11-13-9-5-2-6-10-13;1-3-8-6-5-7-9(8)4-2;;;/h7-13H,1-6H3;1-10H;6H,3-4,7H2,1-2H3;2*1H;/q;;;;;+2/p-2. The van der Waals surface area contributed by atoms with E-state index in [4.69, 9.17) is 0 Å². The van der Waals surface area contributed by atoms with E-state index >= 15 is 0 Å². The summed E-state index contributed by atoms with van der Waals surface area (Å²) in [5, 5.41) is 0. The van der Waals surface area contributed by atoms with Gasteiger partial charge in [0.25, 0.3) is 0 Å². The fourth-order valence-corrected chi connectivity index (χ4v) is 16.5. The first kappa shape index (κ1) is 36.5. The van der Waals surface area contributed by atoms with Crippen molar-refractivity contribution < 1.29 is 46.1 Å². The van der Waals surface area contributed by atoms with Crippen LogP contribution < -0.4 is 24.8 Å². The Hall–Kier alpha value is -2.31. The normalized spacial score (nSPS) is 14.0. The third kappa shape index (κ3) is 6.95. The van der Waals surface area contributed by atoms with Gasteiger partial charge in [-0.15, -0.1) is 0 Å². The van der Waals surface area contributed by atoms with Crippen molar-refractivity contribution in [3.8, 4) is 11.1 Å². The molecule has 0 bridgehead atoms. The molecule has 0 aromatic heterocycles. The van der Waals surface area contributed by atoms with Gasteiger partial charge in [-0.1, -0.05) is 0 Å². The molecule has 0 aliphatic heterocycles. The molecule has 0 amide bonds. The average molecular weight is 727 g/mol. The number of rotatable bonds is 6. The molecule has 2 aliphatic carbocycles. The van der Waals surface area contributed by atoms with Gasteiger partial charge in [0.15, 0.2) is 0 Å². The van der Waals surface area contributed by atoms with Gasteiger partial charge in [0.05, 0.1) is 0 Å². The maximum atomic E-state index is 2.68. The largest absolute Gasteiger partial charge is 1.00 e. The summed E-state index contributed by atoms with van der Waals surface area (Å²) in [5.41, 5.74) is 15.2. The fraction of sp³-hybridized carbons (Fsp3) is 0.326. The molecule has 0 fully saturated rings. The van der Waals surface area contributed by atoms with Gasteiger partial charge in [0, 0.05) is 0 Å². The van der Waals surface area contributed by atoms with Crippen molar-refractivity contribution in [1.29, 1.82) is 0 Å². The Bertz CT molecular complexity index is 1690. The van der Waals surface area contributed by atoms with Gasteiger partial charge in [-0.3, -0.25) is 0 Å². The molecule has 4 aromatic rings. The summed E-state index contributed by atoms with van der Waals surface area (Å²) >= 11 is -2.77. The Kier molecular flexibility index (Phi) is 11.5. The Labute approximate surface area is 298 Å². The number of benzene rings is 4. The van der Waals surface area contributed by atoms with Crippen LogP contribution in [-0.4, -0.2) is 3.21 Å². The van der Waals surface area contributed by atoms with Crippen LogP contribution in [0.3, 0.4) is 0 Å². The van der Waals surface area contributed by atoms with Gasteiger partial charge >= 0.3 is 276 Å². The first-order valence-electron chi connectivity index (χ1n) is 16.6. The Morgan fingerprint density at radius 1 is 0.630 bits per heavy atom. The van der Waals surface area contributed by atoms with Gasteiger partial charge in [-0.25, -0.2) is 0 Å². The number of hydrogen-bond donors (Lipinski definition) is 0. The second-order valence-electron chi connectivity index (χ2n) is 14.7. The zero-order valence-electron chi connectivity index (χ0n) is 28.8. The van der Waals surface area contributed by atoms with Crippen LogP contribution in [0.5, 0.6) is 0 Å². The van der Waals surface area contributed by atoms with E-state index in [9.17, 15) is 0 Å². The third-order valence-corrected chi connectivity index (χ3v) is 18.0. The maximum absolute atomic E-state index is 2.77. The van der Waals surface area contributed by atoms with Crippen molar-refractivity contribution in [3.63, 3.8) is 0 Å². The van der Waals surface area contributed by atoms with Gasteiger partial charge in [0.2, 0.25) is 0 Å². The molecule has 46 heavy (non-hydrogen) atoms. The molecule has 0 saturated heterocycles. The van der Waals surface area contributed by atoms with Gasteiger partial charge in [-0.05, 0) is 0 Å². The minimum absolute atomic E-state index is 0. The molecule has 0 heterocycles. The third-order valence-electron chi connectivity index (χ3n) is 9.79. The molecular weight excluding hydrogens is 679 g/mol. The van der Waals surface area contributed by atoms with Crippen LogP contribution in [0, 0.1) is 0 Å². The van der Waals surface area contributed by atoms with E-state index in [2.05, 4.69) is 159 Å². The predicted molar refractivity (Wildman–Crippen MR) is 188 cm³/mol. The van der Waals surface area contributed by atoms with E-state index in [-0.39, 0.29) is 35.6 Å². The zero-order valence-corrected chi connectivity index (χ0v) is 32.7. The molecule has 2 aliphatic rings. The van der Waals surface area contributed by atoms with E-state index in [1.165, 1.54) is 33.4 Å². The van der Waals surface area contributed by atoms with Crippen LogP contribution in [0.15, 0.2) is 118 Å². The minimum atomic E-state index is -2.77. The van der Waals surface area contributed by atoms with Crippen molar-refractivity contribution >= 4 is 3.21 Å². The second-order valence-corrected chi connectivity index (χ2v) is 21.0. The van der Waals surface area contributed by atoms with Crippen molar-refractivity contribution in [2.45, 2.75) is 89.1 Å². The Morgan fingerprint density at radius 2 is 1.09 bits per heavy atom. The van der Waals surface area contributed by atoms with E-state index in [1.54, 1.807) is 28.8 Å². The summed E-state index contributed by atoms with van der Waals surface area (Å²) in [6, 6.07) is 37.7. The molecular formula is C43H48Cl2Zr. The minimum Gasteiger partial charge on any atom is -1.00 e. The van der Waals surface area contributed by atoms with Gasteiger partial charge in [0.1, 0.15) is 0 Å². The molecule has 0 atom stereocenters. The SMILES string of the molecule is CCC1=C(CC)C[C]([Zr+2](=[C](c2ccccc2)c2ccccc2)[CH]2c3cc(C(C)(C)C)ccc3-c3ccc(C(C)(C)C)cc32)=C1.[Cl-].[Cl-]. The fourth-order valence-electron chi connectivity index (χ4n) is 7.27. The van der Waals surface area contributed by atoms with Crippen molar-refractivity contribution in [2.75, 3.05) is 0 Å². The van der Waals surface area contributed by atoms with E-state index in [0.717, 1.165) is 19.3 Å². The maximum Gasteiger partial charge on any atom is -1.00 e. The monoisotopic (exact) mass is 724 g/mol. The van der Waals surface area contributed by atoms with Gasteiger partial charge < -0.3 is 24.8 Å². The van der Waals surface area contributed by atoms with E-state index in [0.29, 0.717) is 3.63 Å². The second kappa shape index (κ2) is 14.4. The Balaban J connectivity index is 0.00000240. The molecule has 6 rings (SSSR count). The molecule has 3 heteroatoms. The summed E-state index contributed by atoms with van der Waals surface area (Å²) in [4.78, 5) is 0. The smallest absolute Gasteiger partial charge is 1.00 e. The first-order chi connectivity index (χ1) is 21.0. The summed E-state index contributed by atoms with van der Waals surface area (Å²) in [7, 11) is 0. The average Bonchev–Trinajstić information content (AvgIpc) is 3.58. The Morgan fingerprint density at radius 3 is 1.46 bits per heavy atom. The molecule has 0 radical (unpaired) electrons. The quantitative estimate of drug-likeness (QED) is 0.241. The molecule has 0 saturated carbocycles. The van der Waals surface area contributed by atoms with E-state index < -0.39 is 21.3 Å². The van der Waals surface area contributed by atoms with Crippen LogP contribution >= 0.6 is 0 Å². The number of hydrogen-bond acceptors (Lipinski definition) is 0. The summed E-state index contributed by atoms with van der Waals surface area (Å²) in [6.45, 7) is 18.9. The van der Waals surface area contributed by atoms with Crippen molar-refractivity contribution in [1.82, 2.24) is 0 Å². The van der Waals surface area contributed by atoms with Gasteiger partial charge in [-0.2, -0.15) is 0 Å². The molecule has 238 valence electrons. The number of halogens is 2. The van der Waals surface area contributed by atoms with Crippen LogP contribution in [0.25, 0.3) is 11.1 Å². The molecule has 4 aromatic carbocycles. The topological polar surface area (TPSA) is 0 Å². The van der Waals surface area contributed by atoms with Crippen LogP contribution in [-0.2, 0) is 32.1 Å². The van der Waals surface area contributed by atoms with Crippen LogP contribution in [0.1, 0.15) is 112 Å². The van der Waals surface area contributed by atoms with Crippen LogP contribution in [0.2, 0.25) is 0 Å². The molecule has 0 unspecified atom stereocenters. The number of allylic oxidation sites excluding steroid dienone is 4. The summed E-state index contributed by atoms with van der Waals surface area (Å²) in [5.74, 6) is 0. The predicted octanol–water partition coefficient (Wildman–Crippen LogP) is 5.65. The first-order valence-corrected chi connectivity index (χ1v) is 20.4. The van der Waals surface area contributed by atoms with Crippen molar-refractivity contribution in [3.05, 3.63) is 151 Å². The molecule has 0 nitrogen and oxygen atoms in total. The van der Waals surface area contributed by atoms with Crippen LogP contribution in [0.4, 0.5) is 0 Å². The number of fused-ring (bicyclic) bond motifs is 3. The van der Waals surface area contributed by atoms with Crippen molar-refractivity contribution in [2.24, 2.45) is 0 Å². The summed E-state index contributed by atoms with van der Waals surface area (Å²) in [6.07, 6.45) is 6.09. The summed E-state index contributed by atoms with van der Waals surface area (Å²) < 4.78 is 3.82. The van der Waals surface area contributed by atoms with E-state index in [1.807, 2.05) is 0 Å². The molecule has 0 N–H and O–H groups in total.